The van der Waals surface area contributed by atoms with E-state index in [9.17, 15) is 0 Å². The van der Waals surface area contributed by atoms with Crippen molar-refractivity contribution in [3.63, 3.8) is 0 Å². The predicted molar refractivity (Wildman–Crippen MR) is 65.7 cm³/mol. The zero-order valence-electron chi connectivity index (χ0n) is 9.40. The van der Waals surface area contributed by atoms with E-state index in [0.29, 0.717) is 0 Å². The van der Waals surface area contributed by atoms with Gasteiger partial charge in [-0.1, -0.05) is 42.5 Å². The molecule has 1 aromatic rings. The molecule has 0 aliphatic heterocycles. The Kier molecular flexibility index (Phi) is 3.02. The Bertz CT molecular complexity index is 385. The minimum absolute atomic E-state index is 1.04. The number of nitrogens with zero attached hydrogens (tertiary/aromatic N) is 1. The van der Waals surface area contributed by atoms with Crippen molar-refractivity contribution >= 4 is 5.57 Å². The number of hydrogen-bond donors (Lipinski definition) is 0. The Morgan fingerprint density at radius 2 is 1.87 bits per heavy atom. The third kappa shape index (κ3) is 2.57. The Morgan fingerprint density at radius 1 is 1.13 bits per heavy atom. The van der Waals surface area contributed by atoms with E-state index in [2.05, 4.69) is 61.5 Å². The molecule has 0 aromatic heterocycles. The minimum atomic E-state index is 1.04. The van der Waals surface area contributed by atoms with E-state index in [-0.39, 0.29) is 0 Å². The van der Waals surface area contributed by atoms with Gasteiger partial charge in [-0.25, -0.2) is 0 Å². The van der Waals surface area contributed by atoms with E-state index in [0.717, 1.165) is 13.0 Å². The first kappa shape index (κ1) is 10.2. The molecule has 1 heteroatoms. The lowest BCUT2D eigenvalue weighted by molar-refractivity contribution is 0.449. The molecule has 78 valence electrons. The molecule has 0 amide bonds. The third-order valence-electron chi connectivity index (χ3n) is 2.59. The zero-order chi connectivity index (χ0) is 10.7. The van der Waals surface area contributed by atoms with Crippen molar-refractivity contribution in [2.45, 2.75) is 6.42 Å². The highest BCUT2D eigenvalue weighted by molar-refractivity contribution is 5.72. The summed E-state index contributed by atoms with van der Waals surface area (Å²) in [4.78, 5) is 2.20. The fraction of sp³-hybridized carbons (Fsp3) is 0.286. The van der Waals surface area contributed by atoms with Crippen LogP contribution in [0.5, 0.6) is 0 Å². The summed E-state index contributed by atoms with van der Waals surface area (Å²) in [6.07, 6.45) is 5.71. The van der Waals surface area contributed by atoms with Crippen LogP contribution in [0.2, 0.25) is 0 Å². The first-order valence-corrected chi connectivity index (χ1v) is 5.35. The van der Waals surface area contributed by atoms with E-state index in [1.807, 2.05) is 0 Å². The first-order valence-electron chi connectivity index (χ1n) is 5.35. The molecule has 0 saturated carbocycles. The van der Waals surface area contributed by atoms with E-state index in [1.165, 1.54) is 16.7 Å². The maximum Gasteiger partial charge on any atom is 0.0224 e. The number of rotatable bonds is 3. The minimum Gasteiger partial charge on any atom is -0.305 e. The van der Waals surface area contributed by atoms with Crippen LogP contribution < -0.4 is 0 Å². The zero-order valence-corrected chi connectivity index (χ0v) is 9.40. The molecule has 0 N–H and O–H groups in total. The largest absolute Gasteiger partial charge is 0.305 e. The lowest BCUT2D eigenvalue weighted by Gasteiger charge is -2.08. The normalized spacial score (nSPS) is 15.4. The predicted octanol–water partition coefficient (Wildman–Crippen LogP) is 2.96. The summed E-state index contributed by atoms with van der Waals surface area (Å²) in [6, 6.07) is 10.6. The average molecular weight is 199 g/mol. The Hall–Kier alpha value is -1.34. The van der Waals surface area contributed by atoms with E-state index in [1.54, 1.807) is 0 Å². The fourth-order valence-electron chi connectivity index (χ4n) is 1.91. The van der Waals surface area contributed by atoms with Crippen LogP contribution in [0.25, 0.3) is 5.57 Å². The molecule has 1 nitrogen and oxygen atoms in total. The molecular weight excluding hydrogens is 182 g/mol. The second-order valence-corrected chi connectivity index (χ2v) is 4.26. The van der Waals surface area contributed by atoms with Gasteiger partial charge in [0.1, 0.15) is 0 Å². The molecule has 1 aliphatic carbocycles. The molecule has 1 aromatic carbocycles. The fourth-order valence-corrected chi connectivity index (χ4v) is 1.91. The highest BCUT2D eigenvalue weighted by Gasteiger charge is 2.08. The molecule has 0 radical (unpaired) electrons. The molecule has 2 rings (SSSR count). The van der Waals surface area contributed by atoms with E-state index < -0.39 is 0 Å². The number of benzene rings is 1. The standard InChI is InChI=1S/C14H17N/c1-15(2)11-12-8-9-14(10-12)13-6-4-3-5-7-13/h3-8,10H,9,11H2,1-2H3. The third-order valence-corrected chi connectivity index (χ3v) is 2.59. The van der Waals surface area contributed by atoms with E-state index in [4.69, 9.17) is 0 Å². The molecule has 0 bridgehead atoms. The van der Waals surface area contributed by atoms with Crippen LogP contribution in [0, 0.1) is 0 Å². The summed E-state index contributed by atoms with van der Waals surface area (Å²) >= 11 is 0. The van der Waals surface area contributed by atoms with Crippen molar-refractivity contribution in [3.8, 4) is 0 Å². The molecule has 0 unspecified atom stereocenters. The summed E-state index contributed by atoms with van der Waals surface area (Å²) in [5, 5.41) is 0. The molecular formula is C14H17N. The number of allylic oxidation sites excluding steroid dienone is 2. The Labute approximate surface area is 91.7 Å². The second kappa shape index (κ2) is 4.45. The van der Waals surface area contributed by atoms with Gasteiger partial charge in [0.05, 0.1) is 0 Å². The summed E-state index contributed by atoms with van der Waals surface area (Å²) in [7, 11) is 4.21. The molecule has 0 spiro atoms. The molecule has 0 atom stereocenters. The van der Waals surface area contributed by atoms with Crippen LogP contribution in [-0.4, -0.2) is 25.5 Å². The first-order chi connectivity index (χ1) is 7.25. The maximum absolute atomic E-state index is 2.32. The lowest BCUT2D eigenvalue weighted by Crippen LogP contribution is -2.13. The van der Waals surface area contributed by atoms with Gasteiger partial charge in [0, 0.05) is 6.54 Å². The molecule has 0 fully saturated rings. The van der Waals surface area contributed by atoms with Crippen molar-refractivity contribution in [3.05, 3.63) is 53.6 Å². The van der Waals surface area contributed by atoms with Crippen molar-refractivity contribution in [1.29, 1.82) is 0 Å². The van der Waals surface area contributed by atoms with Crippen LogP contribution in [0.1, 0.15) is 12.0 Å². The van der Waals surface area contributed by atoms with Gasteiger partial charge in [-0.2, -0.15) is 0 Å². The summed E-state index contributed by atoms with van der Waals surface area (Å²) in [6.45, 7) is 1.04. The maximum atomic E-state index is 2.32. The summed E-state index contributed by atoms with van der Waals surface area (Å²) in [5.41, 5.74) is 4.22. The highest BCUT2D eigenvalue weighted by atomic mass is 15.0. The monoisotopic (exact) mass is 199 g/mol. The molecule has 0 heterocycles. The van der Waals surface area contributed by atoms with Gasteiger partial charge in [0.2, 0.25) is 0 Å². The average Bonchev–Trinajstić information content (AvgIpc) is 2.67. The van der Waals surface area contributed by atoms with Crippen LogP contribution in [0.15, 0.2) is 48.1 Å². The lowest BCUT2D eigenvalue weighted by atomic mass is 10.1. The van der Waals surface area contributed by atoms with Gasteiger partial charge >= 0.3 is 0 Å². The second-order valence-electron chi connectivity index (χ2n) is 4.26. The SMILES string of the molecule is CN(C)CC1=CCC(c2ccccc2)=C1. The van der Waals surface area contributed by atoms with Crippen molar-refractivity contribution in [1.82, 2.24) is 4.90 Å². The van der Waals surface area contributed by atoms with Gasteiger partial charge in [-0.05, 0) is 37.2 Å². The molecule has 1 aliphatic rings. The van der Waals surface area contributed by atoms with Crippen LogP contribution in [-0.2, 0) is 0 Å². The number of likely N-dealkylation sites (N-methyl/N-ethyl adjacent to an activating group) is 1. The summed E-state index contributed by atoms with van der Waals surface area (Å²) in [5.74, 6) is 0. The molecule has 15 heavy (non-hydrogen) atoms. The van der Waals surface area contributed by atoms with Crippen molar-refractivity contribution < 1.29 is 0 Å². The van der Waals surface area contributed by atoms with Crippen molar-refractivity contribution in [2.24, 2.45) is 0 Å². The topological polar surface area (TPSA) is 3.24 Å². The van der Waals surface area contributed by atoms with Gasteiger partial charge < -0.3 is 4.90 Å². The van der Waals surface area contributed by atoms with Crippen LogP contribution >= 0.6 is 0 Å². The molecule has 0 saturated heterocycles. The smallest absolute Gasteiger partial charge is 0.0224 e. The Morgan fingerprint density at radius 3 is 2.53 bits per heavy atom. The van der Waals surface area contributed by atoms with Crippen LogP contribution in [0.3, 0.4) is 0 Å². The van der Waals surface area contributed by atoms with Crippen molar-refractivity contribution in [2.75, 3.05) is 20.6 Å². The van der Waals surface area contributed by atoms with Gasteiger partial charge in [-0.3, -0.25) is 0 Å². The van der Waals surface area contributed by atoms with Gasteiger partial charge in [0.15, 0.2) is 0 Å². The van der Waals surface area contributed by atoms with Gasteiger partial charge in [0.25, 0.3) is 0 Å². The van der Waals surface area contributed by atoms with Gasteiger partial charge in [-0.15, -0.1) is 0 Å². The summed E-state index contributed by atoms with van der Waals surface area (Å²) < 4.78 is 0. The van der Waals surface area contributed by atoms with Crippen LogP contribution in [0.4, 0.5) is 0 Å². The van der Waals surface area contributed by atoms with E-state index >= 15 is 0 Å². The number of hydrogen-bond acceptors (Lipinski definition) is 1. The quantitative estimate of drug-likeness (QED) is 0.723. The highest BCUT2D eigenvalue weighted by Crippen LogP contribution is 2.26. The Balaban J connectivity index is 2.10.